The fourth-order valence-corrected chi connectivity index (χ4v) is 2.23. The average molecular weight is 342 g/mol. The van der Waals surface area contributed by atoms with Crippen molar-refractivity contribution in [2.24, 2.45) is 5.10 Å². The molecular formula is C19H22N2O4. The van der Waals surface area contributed by atoms with Crippen molar-refractivity contribution < 1.29 is 19.4 Å². The fourth-order valence-electron chi connectivity index (χ4n) is 2.23. The van der Waals surface area contributed by atoms with Gasteiger partial charge in [-0.1, -0.05) is 32.0 Å². The Labute approximate surface area is 147 Å². The van der Waals surface area contributed by atoms with Gasteiger partial charge in [-0.2, -0.15) is 5.10 Å². The molecule has 0 saturated heterocycles. The van der Waals surface area contributed by atoms with Gasteiger partial charge < -0.3 is 14.6 Å². The number of aromatic hydroxyl groups is 1. The van der Waals surface area contributed by atoms with Crippen molar-refractivity contribution in [1.29, 1.82) is 0 Å². The minimum atomic E-state index is -0.368. The molecule has 0 radical (unpaired) electrons. The van der Waals surface area contributed by atoms with Gasteiger partial charge in [0.05, 0.1) is 13.3 Å². The molecule has 0 unspecified atom stereocenters. The molecule has 0 aliphatic rings. The second-order valence-electron chi connectivity index (χ2n) is 5.71. The van der Waals surface area contributed by atoms with Crippen LogP contribution in [-0.2, 0) is 4.79 Å². The highest BCUT2D eigenvalue weighted by molar-refractivity contribution is 5.83. The number of hydrazone groups is 1. The van der Waals surface area contributed by atoms with Crippen LogP contribution in [0.1, 0.15) is 30.9 Å². The zero-order chi connectivity index (χ0) is 18.2. The highest BCUT2D eigenvalue weighted by Gasteiger charge is 2.08. The normalized spacial score (nSPS) is 10.9. The number of ether oxygens (including phenoxy) is 2. The third-order valence-corrected chi connectivity index (χ3v) is 3.51. The zero-order valence-corrected chi connectivity index (χ0v) is 14.5. The maximum Gasteiger partial charge on any atom is 0.277 e. The summed E-state index contributed by atoms with van der Waals surface area (Å²) in [6.45, 7) is 4.00. The Morgan fingerprint density at radius 1 is 1.24 bits per heavy atom. The van der Waals surface area contributed by atoms with Crippen molar-refractivity contribution in [2.75, 3.05) is 13.7 Å². The summed E-state index contributed by atoms with van der Waals surface area (Å²) in [5.41, 5.74) is 4.07. The molecule has 0 aliphatic heterocycles. The van der Waals surface area contributed by atoms with Gasteiger partial charge in [-0.15, -0.1) is 0 Å². The van der Waals surface area contributed by atoms with E-state index in [-0.39, 0.29) is 18.3 Å². The maximum atomic E-state index is 11.8. The molecule has 132 valence electrons. The Hall–Kier alpha value is -3.02. The molecule has 2 aromatic rings. The number of methoxy groups -OCH3 is 1. The third kappa shape index (κ3) is 5.24. The van der Waals surface area contributed by atoms with Crippen LogP contribution in [-0.4, -0.2) is 30.9 Å². The van der Waals surface area contributed by atoms with Gasteiger partial charge in [0.25, 0.3) is 5.91 Å². The Balaban J connectivity index is 1.88. The van der Waals surface area contributed by atoms with Gasteiger partial charge in [-0.3, -0.25) is 4.79 Å². The summed E-state index contributed by atoms with van der Waals surface area (Å²) in [5, 5.41) is 13.5. The summed E-state index contributed by atoms with van der Waals surface area (Å²) in [7, 11) is 1.47. The van der Waals surface area contributed by atoms with E-state index in [9.17, 15) is 9.90 Å². The first kappa shape index (κ1) is 18.3. The van der Waals surface area contributed by atoms with Gasteiger partial charge in [0, 0.05) is 0 Å². The molecule has 2 aromatic carbocycles. The van der Waals surface area contributed by atoms with Crippen LogP contribution in [0.4, 0.5) is 0 Å². The molecule has 25 heavy (non-hydrogen) atoms. The third-order valence-electron chi connectivity index (χ3n) is 3.51. The van der Waals surface area contributed by atoms with E-state index >= 15 is 0 Å². The summed E-state index contributed by atoms with van der Waals surface area (Å²) in [6.07, 6.45) is 1.43. The van der Waals surface area contributed by atoms with Crippen LogP contribution in [0.25, 0.3) is 0 Å². The summed E-state index contributed by atoms with van der Waals surface area (Å²) in [5.74, 6) is 1.01. The summed E-state index contributed by atoms with van der Waals surface area (Å²) in [6, 6.07) is 12.4. The van der Waals surface area contributed by atoms with Gasteiger partial charge in [0.15, 0.2) is 18.1 Å². The molecule has 0 aromatic heterocycles. The minimum absolute atomic E-state index is 0.00593. The van der Waals surface area contributed by atoms with Crippen molar-refractivity contribution in [3.8, 4) is 17.2 Å². The number of nitrogens with zero attached hydrogens (tertiary/aromatic N) is 1. The lowest BCUT2D eigenvalue weighted by Gasteiger charge is -2.12. The smallest absolute Gasteiger partial charge is 0.277 e. The van der Waals surface area contributed by atoms with Gasteiger partial charge in [0.2, 0.25) is 0 Å². The topological polar surface area (TPSA) is 80.2 Å². The number of hydrogen-bond donors (Lipinski definition) is 2. The number of rotatable bonds is 7. The Bertz CT molecular complexity index is 757. The standard InChI is InChI=1S/C19H22N2O4/c1-13(2)15-6-4-5-7-17(15)25-12-19(23)21-20-11-14-8-9-18(24-3)16(22)10-14/h4-11,13,22H,12H2,1-3H3,(H,21,23). The SMILES string of the molecule is COc1ccc(C=NNC(=O)COc2ccccc2C(C)C)cc1O. The van der Waals surface area contributed by atoms with E-state index in [1.54, 1.807) is 12.1 Å². The monoisotopic (exact) mass is 342 g/mol. The number of phenolic OH excluding ortho intramolecular Hbond substituents is 1. The molecule has 0 saturated carbocycles. The number of carbonyl (C=O) groups excluding carboxylic acids is 1. The molecule has 6 nitrogen and oxygen atoms in total. The molecule has 2 N–H and O–H groups in total. The molecule has 0 fully saturated rings. The minimum Gasteiger partial charge on any atom is -0.504 e. The first-order chi connectivity index (χ1) is 12.0. The van der Waals surface area contributed by atoms with Gasteiger partial charge in [-0.05, 0) is 41.3 Å². The highest BCUT2D eigenvalue weighted by atomic mass is 16.5. The Kier molecular flexibility index (Phi) is 6.39. The lowest BCUT2D eigenvalue weighted by atomic mass is 10.0. The number of phenols is 1. The second-order valence-corrected chi connectivity index (χ2v) is 5.71. The van der Waals surface area contributed by atoms with Crippen molar-refractivity contribution >= 4 is 12.1 Å². The quantitative estimate of drug-likeness (QED) is 0.599. The van der Waals surface area contributed by atoms with E-state index in [1.807, 2.05) is 24.3 Å². The predicted molar refractivity (Wildman–Crippen MR) is 96.4 cm³/mol. The average Bonchev–Trinajstić information content (AvgIpc) is 2.60. The predicted octanol–water partition coefficient (Wildman–Crippen LogP) is 3.05. The van der Waals surface area contributed by atoms with Crippen LogP contribution in [0.2, 0.25) is 0 Å². The van der Waals surface area contributed by atoms with E-state index in [0.717, 1.165) is 5.56 Å². The first-order valence-corrected chi connectivity index (χ1v) is 7.92. The second kappa shape index (κ2) is 8.73. The van der Waals surface area contributed by atoms with Crippen molar-refractivity contribution in [3.05, 3.63) is 53.6 Å². The van der Waals surface area contributed by atoms with Gasteiger partial charge in [0.1, 0.15) is 5.75 Å². The first-order valence-electron chi connectivity index (χ1n) is 7.92. The van der Waals surface area contributed by atoms with Crippen molar-refractivity contribution in [3.63, 3.8) is 0 Å². The van der Waals surface area contributed by atoms with Crippen LogP contribution in [0.15, 0.2) is 47.6 Å². The molecule has 0 atom stereocenters. The number of nitrogens with one attached hydrogen (secondary N) is 1. The van der Waals surface area contributed by atoms with E-state index in [2.05, 4.69) is 24.4 Å². The van der Waals surface area contributed by atoms with E-state index in [0.29, 0.717) is 23.0 Å². The molecule has 0 bridgehead atoms. The molecule has 2 rings (SSSR count). The lowest BCUT2D eigenvalue weighted by Crippen LogP contribution is -2.24. The van der Waals surface area contributed by atoms with Crippen molar-refractivity contribution in [2.45, 2.75) is 19.8 Å². The fraction of sp³-hybridized carbons (Fsp3) is 0.263. The zero-order valence-electron chi connectivity index (χ0n) is 14.5. The van der Waals surface area contributed by atoms with Crippen LogP contribution in [0, 0.1) is 0 Å². The molecule has 1 amide bonds. The van der Waals surface area contributed by atoms with E-state index in [4.69, 9.17) is 9.47 Å². The molecular weight excluding hydrogens is 320 g/mol. The maximum absolute atomic E-state index is 11.8. The number of amides is 1. The lowest BCUT2D eigenvalue weighted by molar-refractivity contribution is -0.123. The van der Waals surface area contributed by atoms with Crippen LogP contribution in [0.5, 0.6) is 17.2 Å². The van der Waals surface area contributed by atoms with Crippen molar-refractivity contribution in [1.82, 2.24) is 5.43 Å². The van der Waals surface area contributed by atoms with E-state index < -0.39 is 0 Å². The Morgan fingerprint density at radius 2 is 2.00 bits per heavy atom. The number of hydrogen-bond acceptors (Lipinski definition) is 5. The van der Waals surface area contributed by atoms with Gasteiger partial charge >= 0.3 is 0 Å². The highest BCUT2D eigenvalue weighted by Crippen LogP contribution is 2.26. The molecule has 6 heteroatoms. The molecule has 0 aliphatic carbocycles. The van der Waals surface area contributed by atoms with Crippen LogP contribution < -0.4 is 14.9 Å². The van der Waals surface area contributed by atoms with Crippen LogP contribution >= 0.6 is 0 Å². The molecule has 0 spiro atoms. The summed E-state index contributed by atoms with van der Waals surface area (Å²) >= 11 is 0. The summed E-state index contributed by atoms with van der Waals surface area (Å²) < 4.78 is 10.5. The van der Waals surface area contributed by atoms with Crippen LogP contribution in [0.3, 0.4) is 0 Å². The number of benzene rings is 2. The largest absolute Gasteiger partial charge is 0.504 e. The number of carbonyl (C=O) groups is 1. The number of para-hydroxylation sites is 1. The van der Waals surface area contributed by atoms with E-state index in [1.165, 1.54) is 19.4 Å². The summed E-state index contributed by atoms with van der Waals surface area (Å²) in [4.78, 5) is 11.8. The van der Waals surface area contributed by atoms with Gasteiger partial charge in [-0.25, -0.2) is 5.43 Å². The molecule has 0 heterocycles. The Morgan fingerprint density at radius 3 is 2.68 bits per heavy atom.